The van der Waals surface area contributed by atoms with E-state index in [4.69, 9.17) is 4.98 Å². The third-order valence-electron chi connectivity index (χ3n) is 3.30. The highest BCUT2D eigenvalue weighted by atomic mass is 15.1. The van der Waals surface area contributed by atoms with Crippen LogP contribution < -0.4 is 5.32 Å². The van der Waals surface area contributed by atoms with Crippen LogP contribution in [-0.2, 0) is 0 Å². The van der Waals surface area contributed by atoms with Gasteiger partial charge in [0.15, 0.2) is 11.5 Å². The molecule has 3 rings (SSSR count). The maximum atomic E-state index is 4.70. The molecule has 2 aromatic heterocycles. The Morgan fingerprint density at radius 3 is 2.89 bits per heavy atom. The normalized spacial score (nSPS) is 11.3. The van der Waals surface area contributed by atoms with Crippen molar-refractivity contribution in [3.63, 3.8) is 0 Å². The molecule has 0 amide bonds. The number of imidazole rings is 1. The second kappa shape index (κ2) is 4.53. The standard InChI is InChI=1S/C15H18N4/c1-4-7-16-14-15-17-9-11(3)19(15)13-8-10(2)5-6-12(13)18-14/h5-6,8-9H,4,7H2,1-3H3,(H,16,18). The van der Waals surface area contributed by atoms with Gasteiger partial charge in [0.2, 0.25) is 0 Å². The first kappa shape index (κ1) is 12.0. The van der Waals surface area contributed by atoms with E-state index < -0.39 is 0 Å². The number of anilines is 1. The summed E-state index contributed by atoms with van der Waals surface area (Å²) in [7, 11) is 0. The molecule has 1 N–H and O–H groups in total. The molecule has 0 aliphatic carbocycles. The van der Waals surface area contributed by atoms with Crippen molar-refractivity contribution < 1.29 is 0 Å². The third kappa shape index (κ3) is 1.93. The van der Waals surface area contributed by atoms with Crippen LogP contribution in [0.15, 0.2) is 24.4 Å². The number of hydrogen-bond acceptors (Lipinski definition) is 3. The smallest absolute Gasteiger partial charge is 0.180 e. The largest absolute Gasteiger partial charge is 0.367 e. The van der Waals surface area contributed by atoms with Gasteiger partial charge in [-0.25, -0.2) is 9.97 Å². The highest BCUT2D eigenvalue weighted by Crippen LogP contribution is 2.23. The molecule has 19 heavy (non-hydrogen) atoms. The Labute approximate surface area is 112 Å². The summed E-state index contributed by atoms with van der Waals surface area (Å²) in [6.07, 6.45) is 2.97. The van der Waals surface area contributed by atoms with E-state index in [0.29, 0.717) is 0 Å². The van der Waals surface area contributed by atoms with Crippen LogP contribution in [0.4, 0.5) is 5.82 Å². The lowest BCUT2D eigenvalue weighted by atomic mass is 10.2. The molecule has 0 aliphatic rings. The molecule has 0 unspecified atom stereocenters. The van der Waals surface area contributed by atoms with Gasteiger partial charge in [-0.05, 0) is 38.0 Å². The zero-order valence-corrected chi connectivity index (χ0v) is 11.6. The monoisotopic (exact) mass is 254 g/mol. The Hall–Kier alpha value is -2.10. The van der Waals surface area contributed by atoms with Crippen LogP contribution in [0.25, 0.3) is 16.7 Å². The summed E-state index contributed by atoms with van der Waals surface area (Å²) in [5, 5.41) is 3.36. The average molecular weight is 254 g/mol. The highest BCUT2D eigenvalue weighted by molar-refractivity contribution is 5.83. The average Bonchev–Trinajstić information content (AvgIpc) is 2.79. The molecular weight excluding hydrogens is 236 g/mol. The lowest BCUT2D eigenvalue weighted by Crippen LogP contribution is -2.06. The fourth-order valence-corrected chi connectivity index (χ4v) is 2.35. The Bertz CT molecular complexity index is 743. The first-order chi connectivity index (χ1) is 9.20. The number of aromatic nitrogens is 3. The van der Waals surface area contributed by atoms with Gasteiger partial charge in [-0.3, -0.25) is 4.40 Å². The fraction of sp³-hybridized carbons (Fsp3) is 0.333. The fourth-order valence-electron chi connectivity index (χ4n) is 2.35. The number of rotatable bonds is 3. The molecule has 0 saturated carbocycles. The Morgan fingerprint density at radius 1 is 1.26 bits per heavy atom. The minimum absolute atomic E-state index is 0.867. The number of hydrogen-bond donors (Lipinski definition) is 1. The molecular formula is C15H18N4. The lowest BCUT2D eigenvalue weighted by molar-refractivity contribution is 0.969. The second-order valence-electron chi connectivity index (χ2n) is 4.94. The maximum absolute atomic E-state index is 4.70. The summed E-state index contributed by atoms with van der Waals surface area (Å²) >= 11 is 0. The van der Waals surface area contributed by atoms with Crippen molar-refractivity contribution in [3.8, 4) is 0 Å². The summed E-state index contributed by atoms with van der Waals surface area (Å²) in [6.45, 7) is 7.23. The molecule has 0 bridgehead atoms. The molecule has 0 fully saturated rings. The predicted octanol–water partition coefficient (Wildman–Crippen LogP) is 3.32. The van der Waals surface area contributed by atoms with Crippen LogP contribution in [0.3, 0.4) is 0 Å². The van der Waals surface area contributed by atoms with E-state index in [9.17, 15) is 0 Å². The summed E-state index contributed by atoms with van der Waals surface area (Å²) in [5.74, 6) is 0.867. The van der Waals surface area contributed by atoms with Crippen molar-refractivity contribution in [1.82, 2.24) is 14.4 Å². The van der Waals surface area contributed by atoms with Crippen LogP contribution in [0.1, 0.15) is 24.6 Å². The van der Waals surface area contributed by atoms with Gasteiger partial charge in [-0.1, -0.05) is 13.0 Å². The molecule has 3 aromatic rings. The van der Waals surface area contributed by atoms with Crippen LogP contribution in [-0.4, -0.2) is 20.9 Å². The first-order valence-corrected chi connectivity index (χ1v) is 6.69. The number of nitrogens with zero attached hydrogens (tertiary/aromatic N) is 3. The molecule has 0 saturated heterocycles. The summed E-state index contributed by atoms with van der Waals surface area (Å²) in [4.78, 5) is 9.19. The number of nitrogens with one attached hydrogen (secondary N) is 1. The van der Waals surface area contributed by atoms with Crippen LogP contribution in [0.5, 0.6) is 0 Å². The molecule has 4 nitrogen and oxygen atoms in total. The van der Waals surface area contributed by atoms with E-state index in [0.717, 1.165) is 41.2 Å². The molecule has 0 spiro atoms. The van der Waals surface area contributed by atoms with Crippen molar-refractivity contribution in [1.29, 1.82) is 0 Å². The van der Waals surface area contributed by atoms with Crippen molar-refractivity contribution in [2.24, 2.45) is 0 Å². The Balaban J connectivity index is 2.35. The van der Waals surface area contributed by atoms with Gasteiger partial charge in [0.1, 0.15) is 0 Å². The number of aryl methyl sites for hydroxylation is 2. The predicted molar refractivity (Wildman–Crippen MR) is 78.7 cm³/mol. The van der Waals surface area contributed by atoms with Crippen LogP contribution >= 0.6 is 0 Å². The number of benzene rings is 1. The van der Waals surface area contributed by atoms with E-state index in [2.05, 4.69) is 53.7 Å². The van der Waals surface area contributed by atoms with Gasteiger partial charge in [0.05, 0.1) is 11.0 Å². The van der Waals surface area contributed by atoms with E-state index in [1.807, 2.05) is 6.20 Å². The van der Waals surface area contributed by atoms with Gasteiger partial charge < -0.3 is 5.32 Å². The van der Waals surface area contributed by atoms with E-state index >= 15 is 0 Å². The maximum Gasteiger partial charge on any atom is 0.180 e. The third-order valence-corrected chi connectivity index (χ3v) is 3.30. The number of fused-ring (bicyclic) bond motifs is 3. The van der Waals surface area contributed by atoms with Gasteiger partial charge >= 0.3 is 0 Å². The highest BCUT2D eigenvalue weighted by Gasteiger charge is 2.11. The minimum atomic E-state index is 0.867. The SMILES string of the molecule is CCCNc1nc2ccc(C)cc2n2c(C)cnc12. The van der Waals surface area contributed by atoms with Gasteiger partial charge in [-0.15, -0.1) is 0 Å². The molecule has 0 radical (unpaired) electrons. The summed E-state index contributed by atoms with van der Waals surface area (Å²) in [6, 6.07) is 6.32. The van der Waals surface area contributed by atoms with Crippen LogP contribution in [0.2, 0.25) is 0 Å². The lowest BCUT2D eigenvalue weighted by Gasteiger charge is -2.10. The first-order valence-electron chi connectivity index (χ1n) is 6.69. The van der Waals surface area contributed by atoms with Gasteiger partial charge in [0.25, 0.3) is 0 Å². The summed E-state index contributed by atoms with van der Waals surface area (Å²) in [5.41, 5.74) is 5.39. The van der Waals surface area contributed by atoms with E-state index in [1.165, 1.54) is 5.56 Å². The van der Waals surface area contributed by atoms with Crippen molar-refractivity contribution in [2.45, 2.75) is 27.2 Å². The zero-order chi connectivity index (χ0) is 13.4. The van der Waals surface area contributed by atoms with E-state index in [1.54, 1.807) is 0 Å². The summed E-state index contributed by atoms with van der Waals surface area (Å²) < 4.78 is 2.17. The van der Waals surface area contributed by atoms with Crippen LogP contribution in [0, 0.1) is 13.8 Å². The van der Waals surface area contributed by atoms with Crippen molar-refractivity contribution in [2.75, 3.05) is 11.9 Å². The van der Waals surface area contributed by atoms with Crippen molar-refractivity contribution in [3.05, 3.63) is 35.7 Å². The molecule has 0 atom stereocenters. The molecule has 1 aromatic carbocycles. The Kier molecular flexibility index (Phi) is 2.85. The molecule has 0 aliphatic heterocycles. The Morgan fingerprint density at radius 2 is 2.11 bits per heavy atom. The molecule has 2 heterocycles. The van der Waals surface area contributed by atoms with Crippen molar-refractivity contribution >= 4 is 22.5 Å². The van der Waals surface area contributed by atoms with Gasteiger partial charge in [0, 0.05) is 18.4 Å². The quantitative estimate of drug-likeness (QED) is 0.779. The molecule has 98 valence electrons. The molecule has 4 heteroatoms. The zero-order valence-electron chi connectivity index (χ0n) is 11.6. The van der Waals surface area contributed by atoms with Gasteiger partial charge in [-0.2, -0.15) is 0 Å². The topological polar surface area (TPSA) is 42.2 Å². The second-order valence-corrected chi connectivity index (χ2v) is 4.94. The van der Waals surface area contributed by atoms with E-state index in [-0.39, 0.29) is 0 Å². The minimum Gasteiger partial charge on any atom is -0.367 e.